The van der Waals surface area contributed by atoms with Gasteiger partial charge in [-0.2, -0.15) is 4.31 Å². The minimum atomic E-state index is -3.82. The third-order valence-electron chi connectivity index (χ3n) is 5.09. The van der Waals surface area contributed by atoms with Gasteiger partial charge in [0.1, 0.15) is 18.1 Å². The van der Waals surface area contributed by atoms with E-state index in [0.717, 1.165) is 6.42 Å². The highest BCUT2D eigenvalue weighted by molar-refractivity contribution is 7.89. The molecule has 0 N–H and O–H groups in total. The zero-order valence-corrected chi connectivity index (χ0v) is 18.1. The van der Waals surface area contributed by atoms with Gasteiger partial charge in [-0.1, -0.05) is 13.8 Å². The predicted octanol–water partition coefficient (Wildman–Crippen LogP) is 3.82. The molecule has 0 spiro atoms. The first-order valence-corrected chi connectivity index (χ1v) is 11.3. The van der Waals surface area contributed by atoms with Crippen molar-refractivity contribution in [1.29, 1.82) is 0 Å². The molecule has 1 aromatic heterocycles. The van der Waals surface area contributed by atoms with Crippen LogP contribution in [0.3, 0.4) is 0 Å². The van der Waals surface area contributed by atoms with Crippen LogP contribution in [0.25, 0.3) is 0 Å². The largest absolute Gasteiger partial charge is 0.490 e. The Kier molecular flexibility index (Phi) is 6.33. The average molecular weight is 421 g/mol. The number of anilines is 1. The van der Waals surface area contributed by atoms with Crippen LogP contribution in [0.15, 0.2) is 45.9 Å². The van der Waals surface area contributed by atoms with Crippen molar-refractivity contribution in [2.75, 3.05) is 24.6 Å². The molecule has 0 bridgehead atoms. The Morgan fingerprint density at radius 3 is 2.62 bits per heavy atom. The smallest absolute Gasteiger partial charge is 0.243 e. The lowest BCUT2D eigenvalue weighted by atomic mass is 10.1. The zero-order chi connectivity index (χ0) is 21.2. The van der Waals surface area contributed by atoms with E-state index in [1.165, 1.54) is 23.4 Å². The summed E-state index contributed by atoms with van der Waals surface area (Å²) in [5, 5.41) is 0. The molecule has 1 aromatic carbocycles. The molecule has 7 nitrogen and oxygen atoms in total. The number of benzene rings is 1. The molecule has 0 saturated heterocycles. The molecular weight excluding hydrogens is 392 g/mol. The first-order valence-electron chi connectivity index (χ1n) is 9.82. The Morgan fingerprint density at radius 2 is 2.00 bits per heavy atom. The molecule has 3 rings (SSSR count). The number of fused-ring (bicyclic) bond motifs is 1. The van der Waals surface area contributed by atoms with E-state index in [0.29, 0.717) is 42.8 Å². The van der Waals surface area contributed by atoms with Gasteiger partial charge in [0.2, 0.25) is 15.9 Å². The Labute approximate surface area is 172 Å². The van der Waals surface area contributed by atoms with Crippen LogP contribution < -0.4 is 9.64 Å². The van der Waals surface area contributed by atoms with Gasteiger partial charge in [0.15, 0.2) is 0 Å². The monoisotopic (exact) mass is 420 g/mol. The van der Waals surface area contributed by atoms with E-state index >= 15 is 0 Å². The first kappa shape index (κ1) is 21.4. The Hall–Kier alpha value is -2.32. The molecular formula is C21H28N2O5S. The van der Waals surface area contributed by atoms with Gasteiger partial charge in [-0.3, -0.25) is 4.79 Å². The fourth-order valence-electron chi connectivity index (χ4n) is 3.40. The number of carbonyl (C=O) groups excluding carboxylic acids is 1. The summed E-state index contributed by atoms with van der Waals surface area (Å²) in [6.45, 7) is 8.54. The Bertz CT molecular complexity index is 953. The van der Waals surface area contributed by atoms with Crippen LogP contribution in [0.2, 0.25) is 0 Å². The van der Waals surface area contributed by atoms with E-state index in [2.05, 4.69) is 13.8 Å². The Balaban J connectivity index is 2.01. The summed E-state index contributed by atoms with van der Waals surface area (Å²) >= 11 is 0. The molecule has 2 aromatic rings. The van der Waals surface area contributed by atoms with Crippen molar-refractivity contribution < 1.29 is 22.4 Å². The number of hydrogen-bond donors (Lipinski definition) is 0. The van der Waals surface area contributed by atoms with E-state index in [1.54, 1.807) is 29.4 Å². The van der Waals surface area contributed by atoms with E-state index in [1.807, 2.05) is 6.92 Å². The third kappa shape index (κ3) is 4.48. The second-order valence-corrected chi connectivity index (χ2v) is 9.53. The molecule has 0 aliphatic carbocycles. The number of rotatable bonds is 7. The molecule has 8 heteroatoms. The first-order chi connectivity index (χ1) is 13.7. The van der Waals surface area contributed by atoms with Gasteiger partial charge in [0.25, 0.3) is 0 Å². The lowest BCUT2D eigenvalue weighted by Crippen LogP contribution is -2.37. The van der Waals surface area contributed by atoms with Crippen molar-refractivity contribution in [1.82, 2.24) is 4.31 Å². The second-order valence-electron chi connectivity index (χ2n) is 7.64. The third-order valence-corrected chi connectivity index (χ3v) is 7.06. The molecule has 29 heavy (non-hydrogen) atoms. The summed E-state index contributed by atoms with van der Waals surface area (Å²) in [5.74, 6) is 1.30. The highest BCUT2D eigenvalue weighted by atomic mass is 32.2. The van der Waals surface area contributed by atoms with Crippen molar-refractivity contribution in [2.24, 2.45) is 5.92 Å². The van der Waals surface area contributed by atoms with Gasteiger partial charge < -0.3 is 14.1 Å². The maximum atomic E-state index is 13.6. The molecule has 2 heterocycles. The number of furan rings is 1. The van der Waals surface area contributed by atoms with Gasteiger partial charge in [0.05, 0.1) is 29.4 Å². The molecule has 1 aliphatic rings. The standard InChI is InChI=1S/C21H28N2O5S/c1-15(2)9-10-23(16(3)20-6-5-12-27-20)29(25,26)18-7-8-21-19(14-18)22(17(4)24)11-13-28-21/h5-8,12,14-16H,9-11,13H2,1-4H3. The lowest BCUT2D eigenvalue weighted by molar-refractivity contribution is -0.116. The number of nitrogens with zero attached hydrogens (tertiary/aromatic N) is 2. The molecule has 1 atom stereocenters. The van der Waals surface area contributed by atoms with Crippen molar-refractivity contribution in [2.45, 2.75) is 45.1 Å². The molecule has 158 valence electrons. The summed E-state index contributed by atoms with van der Waals surface area (Å²) in [7, 11) is -3.82. The SMILES string of the molecule is CC(=O)N1CCOc2ccc(S(=O)(=O)N(CCC(C)C)C(C)c3ccco3)cc21. The quantitative estimate of drug-likeness (QED) is 0.680. The number of carbonyl (C=O) groups is 1. The van der Waals surface area contributed by atoms with Crippen LogP contribution in [0.4, 0.5) is 5.69 Å². The second kappa shape index (κ2) is 8.59. The predicted molar refractivity (Wildman–Crippen MR) is 110 cm³/mol. The normalized spacial score (nSPS) is 15.3. The highest BCUT2D eigenvalue weighted by Crippen LogP contribution is 2.36. The molecule has 0 saturated carbocycles. The fourth-order valence-corrected chi connectivity index (χ4v) is 5.04. The summed E-state index contributed by atoms with van der Waals surface area (Å²) in [6, 6.07) is 7.76. The number of hydrogen-bond acceptors (Lipinski definition) is 5. The number of sulfonamides is 1. The van der Waals surface area contributed by atoms with Crippen LogP contribution in [0.1, 0.15) is 45.9 Å². The van der Waals surface area contributed by atoms with Crippen molar-refractivity contribution in [3.05, 3.63) is 42.4 Å². The van der Waals surface area contributed by atoms with E-state index in [4.69, 9.17) is 9.15 Å². The highest BCUT2D eigenvalue weighted by Gasteiger charge is 2.33. The van der Waals surface area contributed by atoms with Gasteiger partial charge in [0, 0.05) is 13.5 Å². The minimum absolute atomic E-state index is 0.134. The van der Waals surface area contributed by atoms with Crippen molar-refractivity contribution in [3.63, 3.8) is 0 Å². The summed E-state index contributed by atoms with van der Waals surface area (Å²) in [5.41, 5.74) is 0.485. The molecule has 0 radical (unpaired) electrons. The fraction of sp³-hybridized carbons (Fsp3) is 0.476. The van der Waals surface area contributed by atoms with E-state index in [-0.39, 0.29) is 10.8 Å². The van der Waals surface area contributed by atoms with Crippen LogP contribution in [0, 0.1) is 5.92 Å². The maximum absolute atomic E-state index is 13.6. The Morgan fingerprint density at radius 1 is 1.24 bits per heavy atom. The number of ether oxygens (including phenoxy) is 1. The topological polar surface area (TPSA) is 80.1 Å². The van der Waals surface area contributed by atoms with E-state index in [9.17, 15) is 13.2 Å². The minimum Gasteiger partial charge on any atom is -0.490 e. The van der Waals surface area contributed by atoms with Crippen molar-refractivity contribution in [3.8, 4) is 5.75 Å². The number of amides is 1. The summed E-state index contributed by atoms with van der Waals surface area (Å²) in [4.78, 5) is 13.7. The van der Waals surface area contributed by atoms with Crippen LogP contribution in [-0.4, -0.2) is 38.3 Å². The van der Waals surface area contributed by atoms with Gasteiger partial charge in [-0.05, 0) is 49.6 Å². The van der Waals surface area contributed by atoms with Crippen LogP contribution in [0.5, 0.6) is 5.75 Å². The average Bonchev–Trinajstić information content (AvgIpc) is 3.21. The van der Waals surface area contributed by atoms with Crippen LogP contribution in [-0.2, 0) is 14.8 Å². The molecule has 0 fully saturated rings. The maximum Gasteiger partial charge on any atom is 0.243 e. The molecule has 1 aliphatic heterocycles. The van der Waals surface area contributed by atoms with Gasteiger partial charge >= 0.3 is 0 Å². The molecule has 1 amide bonds. The zero-order valence-electron chi connectivity index (χ0n) is 17.3. The van der Waals surface area contributed by atoms with Gasteiger partial charge in [-0.25, -0.2) is 8.42 Å². The lowest BCUT2D eigenvalue weighted by Gasteiger charge is -2.31. The molecule has 1 unspecified atom stereocenters. The van der Waals surface area contributed by atoms with Crippen LogP contribution >= 0.6 is 0 Å². The van der Waals surface area contributed by atoms with Crippen molar-refractivity contribution >= 4 is 21.6 Å². The van der Waals surface area contributed by atoms with E-state index < -0.39 is 16.1 Å². The van der Waals surface area contributed by atoms with Gasteiger partial charge in [-0.15, -0.1) is 0 Å². The summed E-state index contributed by atoms with van der Waals surface area (Å²) in [6.07, 6.45) is 2.26. The summed E-state index contributed by atoms with van der Waals surface area (Å²) < 4.78 is 39.7.